The Bertz CT molecular complexity index is 1280. The van der Waals surface area contributed by atoms with Crippen LogP contribution in [0.2, 0.25) is 0 Å². The van der Waals surface area contributed by atoms with E-state index >= 15 is 0 Å². The first-order valence-electron chi connectivity index (χ1n) is 9.92. The summed E-state index contributed by atoms with van der Waals surface area (Å²) in [7, 11) is -3.78. The summed E-state index contributed by atoms with van der Waals surface area (Å²) in [6.07, 6.45) is 2.59. The third-order valence-corrected chi connectivity index (χ3v) is 7.89. The maximum absolute atomic E-state index is 13.8. The van der Waals surface area contributed by atoms with Gasteiger partial charge in [0.05, 0.1) is 4.90 Å². The first-order valence-corrected chi connectivity index (χ1v) is 12.3. The maximum Gasteiger partial charge on any atom is 0.263 e. The fraction of sp³-hybridized carbons (Fsp3) is 0.238. The monoisotopic (exact) mass is 476 g/mol. The van der Waals surface area contributed by atoms with E-state index in [1.807, 2.05) is 4.90 Å². The van der Waals surface area contributed by atoms with Crippen molar-refractivity contribution in [3.8, 4) is 0 Å². The molecule has 1 fully saturated rings. The number of hydrogen-bond acceptors (Lipinski definition) is 6. The lowest BCUT2D eigenvalue weighted by molar-refractivity contribution is -0.118. The van der Waals surface area contributed by atoms with Gasteiger partial charge in [-0.15, -0.1) is 11.3 Å². The number of benzene rings is 2. The van der Waals surface area contributed by atoms with Gasteiger partial charge in [0.2, 0.25) is 5.91 Å². The fourth-order valence-electron chi connectivity index (χ4n) is 4.19. The van der Waals surface area contributed by atoms with Crippen LogP contribution in [0, 0.1) is 11.6 Å². The number of hydrogen-bond donors (Lipinski definition) is 1. The van der Waals surface area contributed by atoms with Gasteiger partial charge in [0.1, 0.15) is 6.04 Å². The Balaban J connectivity index is 1.33. The second-order valence-electron chi connectivity index (χ2n) is 7.57. The van der Waals surface area contributed by atoms with Gasteiger partial charge < -0.3 is 9.80 Å². The molecule has 2 aromatic carbocycles. The number of halogens is 2. The van der Waals surface area contributed by atoms with Gasteiger partial charge in [-0.05, 0) is 48.7 Å². The molecule has 1 aromatic heterocycles. The minimum Gasteiger partial charge on any atom is -0.359 e. The Labute approximate surface area is 187 Å². The van der Waals surface area contributed by atoms with Gasteiger partial charge in [-0.1, -0.05) is 0 Å². The van der Waals surface area contributed by atoms with Gasteiger partial charge in [-0.25, -0.2) is 22.2 Å². The fourth-order valence-corrected chi connectivity index (χ4v) is 5.98. The zero-order chi connectivity index (χ0) is 22.5. The molecule has 0 saturated carbocycles. The number of sulfonamides is 1. The van der Waals surface area contributed by atoms with Crippen LogP contribution >= 0.6 is 11.3 Å². The van der Waals surface area contributed by atoms with Crippen LogP contribution in [-0.4, -0.2) is 38.4 Å². The molecule has 1 saturated heterocycles. The number of amides is 1. The molecule has 3 heterocycles. The number of nitrogens with zero attached hydrogens (tertiary/aromatic N) is 3. The highest BCUT2D eigenvalue weighted by Crippen LogP contribution is 2.35. The van der Waals surface area contributed by atoms with Gasteiger partial charge in [0, 0.05) is 42.1 Å². The van der Waals surface area contributed by atoms with E-state index in [1.54, 1.807) is 22.4 Å². The molecule has 0 spiro atoms. The van der Waals surface area contributed by atoms with Crippen molar-refractivity contribution in [2.24, 2.45) is 0 Å². The zero-order valence-corrected chi connectivity index (χ0v) is 18.3. The Morgan fingerprint density at radius 3 is 2.56 bits per heavy atom. The second-order valence-corrected chi connectivity index (χ2v) is 10.1. The van der Waals surface area contributed by atoms with Crippen LogP contribution in [0.25, 0.3) is 0 Å². The van der Waals surface area contributed by atoms with Crippen molar-refractivity contribution in [2.45, 2.75) is 23.8 Å². The minimum absolute atomic E-state index is 0.0608. The molecule has 1 amide bonds. The number of carbonyl (C=O) groups is 1. The molecular formula is C21H18F2N4O3S2. The van der Waals surface area contributed by atoms with Crippen molar-refractivity contribution in [3.63, 3.8) is 0 Å². The lowest BCUT2D eigenvalue weighted by atomic mass is 10.1. The van der Waals surface area contributed by atoms with E-state index in [4.69, 9.17) is 0 Å². The molecule has 2 aliphatic heterocycles. The summed E-state index contributed by atoms with van der Waals surface area (Å²) in [4.78, 5) is 20.5. The number of carbonyl (C=O) groups excluding carboxylic acids is 1. The zero-order valence-electron chi connectivity index (χ0n) is 16.7. The first kappa shape index (κ1) is 20.8. The summed E-state index contributed by atoms with van der Waals surface area (Å²) in [5.74, 6) is -1.97. The topological polar surface area (TPSA) is 82.6 Å². The number of fused-ring (bicyclic) bond motifs is 1. The Morgan fingerprint density at radius 1 is 1.09 bits per heavy atom. The highest BCUT2D eigenvalue weighted by molar-refractivity contribution is 7.93. The number of nitrogens with one attached hydrogen (secondary N) is 1. The SMILES string of the molecule is O=C1[C@@H](N2CCc3cc(F)c(F)cc32)CCN1c1ccc(S(=O)(=O)Nc2nccs2)cc1. The molecule has 7 nitrogen and oxygen atoms in total. The van der Waals surface area contributed by atoms with E-state index in [2.05, 4.69) is 9.71 Å². The molecule has 2 aliphatic rings. The largest absolute Gasteiger partial charge is 0.359 e. The average molecular weight is 477 g/mol. The molecule has 0 unspecified atom stereocenters. The van der Waals surface area contributed by atoms with Crippen LogP contribution in [-0.2, 0) is 21.2 Å². The number of thiazole rings is 1. The molecule has 0 aliphatic carbocycles. The molecule has 0 bridgehead atoms. The Hall–Kier alpha value is -3.05. The minimum atomic E-state index is -3.78. The van der Waals surface area contributed by atoms with Crippen LogP contribution in [0.15, 0.2) is 52.9 Å². The van der Waals surface area contributed by atoms with Crippen molar-refractivity contribution in [3.05, 3.63) is 65.2 Å². The molecule has 3 aromatic rings. The van der Waals surface area contributed by atoms with Crippen molar-refractivity contribution >= 4 is 43.8 Å². The van der Waals surface area contributed by atoms with Crippen LogP contribution in [0.4, 0.5) is 25.3 Å². The summed E-state index contributed by atoms with van der Waals surface area (Å²) in [6.45, 7) is 0.963. The summed E-state index contributed by atoms with van der Waals surface area (Å²) < 4.78 is 54.7. The van der Waals surface area contributed by atoms with Gasteiger partial charge in [0.15, 0.2) is 16.8 Å². The van der Waals surface area contributed by atoms with Crippen molar-refractivity contribution in [2.75, 3.05) is 27.6 Å². The molecule has 5 rings (SSSR count). The van der Waals surface area contributed by atoms with E-state index < -0.39 is 27.7 Å². The van der Waals surface area contributed by atoms with E-state index in [-0.39, 0.29) is 15.9 Å². The van der Waals surface area contributed by atoms with Crippen molar-refractivity contribution < 1.29 is 22.0 Å². The predicted octanol–water partition coefficient (Wildman–Crippen LogP) is 3.39. The summed E-state index contributed by atoms with van der Waals surface area (Å²) in [6, 6.07) is 7.93. The van der Waals surface area contributed by atoms with Gasteiger partial charge in [-0.3, -0.25) is 9.52 Å². The van der Waals surface area contributed by atoms with E-state index in [0.717, 1.165) is 6.07 Å². The normalized spacial score (nSPS) is 18.3. The maximum atomic E-state index is 13.8. The van der Waals surface area contributed by atoms with E-state index in [1.165, 1.54) is 35.7 Å². The first-order chi connectivity index (χ1) is 15.3. The van der Waals surface area contributed by atoms with Crippen LogP contribution in [0.1, 0.15) is 12.0 Å². The molecule has 166 valence electrons. The summed E-state index contributed by atoms with van der Waals surface area (Å²) >= 11 is 1.17. The number of rotatable bonds is 5. The van der Waals surface area contributed by atoms with Gasteiger partial charge in [0.25, 0.3) is 10.0 Å². The quantitative estimate of drug-likeness (QED) is 0.611. The Kier molecular flexibility index (Phi) is 5.09. The van der Waals surface area contributed by atoms with E-state index in [0.29, 0.717) is 42.9 Å². The Morgan fingerprint density at radius 2 is 1.84 bits per heavy atom. The number of anilines is 3. The number of aromatic nitrogens is 1. The summed E-state index contributed by atoms with van der Waals surface area (Å²) in [5.41, 5.74) is 1.83. The highest BCUT2D eigenvalue weighted by atomic mass is 32.2. The standard InChI is InChI=1S/C21H18F2N4O3S2/c22-16-11-13-5-8-27(19(13)12-17(16)23)18-6-9-26(20(18)28)14-1-3-15(4-2-14)32(29,30)25-21-24-7-10-31-21/h1-4,7,10-12,18H,5-6,8-9H2,(H,24,25)/t18-/m0/s1. The molecule has 1 atom stereocenters. The smallest absolute Gasteiger partial charge is 0.263 e. The van der Waals surface area contributed by atoms with Crippen molar-refractivity contribution in [1.29, 1.82) is 0 Å². The highest BCUT2D eigenvalue weighted by Gasteiger charge is 2.39. The lowest BCUT2D eigenvalue weighted by Crippen LogP contribution is -2.41. The average Bonchev–Trinajstić information content (AvgIpc) is 3.49. The van der Waals surface area contributed by atoms with Crippen LogP contribution in [0.5, 0.6) is 0 Å². The van der Waals surface area contributed by atoms with Gasteiger partial charge >= 0.3 is 0 Å². The third kappa shape index (κ3) is 3.61. The van der Waals surface area contributed by atoms with Crippen LogP contribution in [0.3, 0.4) is 0 Å². The molecular weight excluding hydrogens is 458 g/mol. The van der Waals surface area contributed by atoms with Crippen molar-refractivity contribution in [1.82, 2.24) is 4.98 Å². The lowest BCUT2D eigenvalue weighted by Gasteiger charge is -2.26. The molecule has 32 heavy (non-hydrogen) atoms. The molecule has 11 heteroatoms. The second kappa shape index (κ2) is 7.82. The molecule has 0 radical (unpaired) electrons. The van der Waals surface area contributed by atoms with Crippen LogP contribution < -0.4 is 14.5 Å². The third-order valence-electron chi connectivity index (χ3n) is 5.72. The molecule has 1 N–H and O–H groups in total. The predicted molar refractivity (Wildman–Crippen MR) is 118 cm³/mol. The van der Waals surface area contributed by atoms with E-state index in [9.17, 15) is 22.0 Å². The summed E-state index contributed by atoms with van der Waals surface area (Å²) in [5, 5.41) is 1.94. The van der Waals surface area contributed by atoms with Gasteiger partial charge in [-0.2, -0.15) is 0 Å².